The highest BCUT2D eigenvalue weighted by Crippen LogP contribution is 2.52. The van der Waals surface area contributed by atoms with Crippen LogP contribution in [-0.2, 0) is 6.42 Å². The Balaban J connectivity index is 2.11. The molecule has 0 aromatic heterocycles. The average Bonchev–Trinajstić information content (AvgIpc) is 2.57. The first-order valence-corrected chi connectivity index (χ1v) is 7.52. The summed E-state index contributed by atoms with van der Waals surface area (Å²) in [7, 11) is 5.55. The zero-order valence-corrected chi connectivity index (χ0v) is 13.1. The van der Waals surface area contributed by atoms with E-state index in [1.807, 2.05) is 0 Å². The van der Waals surface area contributed by atoms with E-state index >= 15 is 0 Å². The molecule has 1 heterocycles. The van der Waals surface area contributed by atoms with Gasteiger partial charge in [0.25, 0.3) is 0 Å². The first-order chi connectivity index (χ1) is 10.7. The van der Waals surface area contributed by atoms with Crippen LogP contribution in [-0.4, -0.2) is 26.2 Å². The van der Waals surface area contributed by atoms with Crippen molar-refractivity contribution < 1.29 is 9.47 Å². The van der Waals surface area contributed by atoms with Gasteiger partial charge in [0.05, 0.1) is 20.3 Å². The third-order valence-electron chi connectivity index (χ3n) is 4.76. The Morgan fingerprint density at radius 2 is 1.95 bits per heavy atom. The molecule has 4 rings (SSSR count). The number of nitrogens with zero attached hydrogens (tertiary/aromatic N) is 1. The Hall–Kier alpha value is -2.42. The molecule has 1 atom stereocenters. The molecule has 0 spiro atoms. The van der Waals surface area contributed by atoms with Crippen molar-refractivity contribution in [1.29, 1.82) is 0 Å². The zero-order valence-electron chi connectivity index (χ0n) is 13.1. The highest BCUT2D eigenvalue weighted by Gasteiger charge is 2.34. The van der Waals surface area contributed by atoms with E-state index in [9.17, 15) is 0 Å². The Labute approximate surface area is 130 Å². The maximum Gasteiger partial charge on any atom is 0.168 e. The summed E-state index contributed by atoms with van der Waals surface area (Å²) in [6, 6.07) is 11.0. The van der Waals surface area contributed by atoms with Crippen molar-refractivity contribution in [1.82, 2.24) is 4.90 Å². The maximum atomic E-state index is 5.73. The normalized spacial score (nSPS) is 17.8. The van der Waals surface area contributed by atoms with E-state index in [1.54, 1.807) is 14.2 Å². The molecule has 0 amide bonds. The first-order valence-electron chi connectivity index (χ1n) is 7.52. The quantitative estimate of drug-likeness (QED) is 0.838. The lowest BCUT2D eigenvalue weighted by molar-refractivity contribution is 0.322. The van der Waals surface area contributed by atoms with Gasteiger partial charge in [-0.2, -0.15) is 0 Å². The second kappa shape index (κ2) is 4.80. The summed E-state index contributed by atoms with van der Waals surface area (Å²) in [6.07, 6.45) is 5.33. The number of rotatable bonds is 2. The van der Waals surface area contributed by atoms with Crippen LogP contribution in [0.15, 0.2) is 36.5 Å². The summed E-state index contributed by atoms with van der Waals surface area (Å²) in [6.45, 7) is 0. The van der Waals surface area contributed by atoms with Crippen LogP contribution in [0.3, 0.4) is 0 Å². The molecule has 1 unspecified atom stereocenters. The molecule has 3 heteroatoms. The van der Waals surface area contributed by atoms with Gasteiger partial charge in [0.15, 0.2) is 11.5 Å². The van der Waals surface area contributed by atoms with Crippen molar-refractivity contribution in [2.24, 2.45) is 0 Å². The molecule has 0 radical (unpaired) electrons. The summed E-state index contributed by atoms with van der Waals surface area (Å²) < 4.78 is 11.3. The summed E-state index contributed by atoms with van der Waals surface area (Å²) in [4.78, 5) is 2.29. The number of benzene rings is 2. The van der Waals surface area contributed by atoms with Crippen LogP contribution in [0.25, 0.3) is 17.2 Å². The Kier molecular flexibility index (Phi) is 2.89. The molecule has 2 aromatic rings. The molecule has 22 heavy (non-hydrogen) atoms. The second-order valence-corrected chi connectivity index (χ2v) is 5.85. The van der Waals surface area contributed by atoms with Gasteiger partial charge in [-0.25, -0.2) is 0 Å². The van der Waals surface area contributed by atoms with Gasteiger partial charge in [0.2, 0.25) is 0 Å². The summed E-state index contributed by atoms with van der Waals surface area (Å²) >= 11 is 0. The van der Waals surface area contributed by atoms with Crippen molar-refractivity contribution in [3.63, 3.8) is 0 Å². The minimum Gasteiger partial charge on any atom is -0.493 e. The molecule has 0 N–H and O–H groups in total. The second-order valence-electron chi connectivity index (χ2n) is 5.85. The molecule has 0 fully saturated rings. The van der Waals surface area contributed by atoms with Gasteiger partial charge in [-0.15, -0.1) is 0 Å². The van der Waals surface area contributed by atoms with E-state index in [2.05, 4.69) is 54.6 Å². The van der Waals surface area contributed by atoms with Crippen LogP contribution in [0.4, 0.5) is 0 Å². The van der Waals surface area contributed by atoms with Crippen molar-refractivity contribution in [3.8, 4) is 22.6 Å². The Bertz CT molecular complexity index is 779. The smallest absolute Gasteiger partial charge is 0.168 e. The highest BCUT2D eigenvalue weighted by molar-refractivity contribution is 5.86. The molecule has 112 valence electrons. The van der Waals surface area contributed by atoms with E-state index in [-0.39, 0.29) is 0 Å². The molecule has 2 aromatic carbocycles. The zero-order chi connectivity index (χ0) is 15.3. The lowest BCUT2D eigenvalue weighted by atomic mass is 9.78. The number of hydrogen-bond donors (Lipinski definition) is 0. The summed E-state index contributed by atoms with van der Waals surface area (Å²) in [5.41, 5.74) is 6.38. The Morgan fingerprint density at radius 3 is 2.73 bits per heavy atom. The van der Waals surface area contributed by atoms with Gasteiger partial charge in [0.1, 0.15) is 0 Å². The van der Waals surface area contributed by atoms with E-state index in [0.717, 1.165) is 17.9 Å². The summed E-state index contributed by atoms with van der Waals surface area (Å²) in [5.74, 6) is 1.63. The third-order valence-corrected chi connectivity index (χ3v) is 4.76. The average molecular weight is 293 g/mol. The highest BCUT2D eigenvalue weighted by atomic mass is 16.5. The minimum absolute atomic E-state index is 0.352. The van der Waals surface area contributed by atoms with Crippen LogP contribution >= 0.6 is 0 Å². The van der Waals surface area contributed by atoms with Crippen molar-refractivity contribution in [3.05, 3.63) is 53.2 Å². The molecule has 0 saturated carbocycles. The molecule has 2 aliphatic rings. The van der Waals surface area contributed by atoms with Gasteiger partial charge in [-0.05, 0) is 47.0 Å². The molecule has 0 saturated heterocycles. The molecule has 1 aliphatic heterocycles. The molecule has 1 aliphatic carbocycles. The lowest BCUT2D eigenvalue weighted by Crippen LogP contribution is -2.28. The molecular weight excluding hydrogens is 274 g/mol. The topological polar surface area (TPSA) is 21.7 Å². The van der Waals surface area contributed by atoms with E-state index in [0.29, 0.717) is 6.04 Å². The number of likely N-dealkylation sites (N-methyl/N-ethyl adjacent to an activating group) is 1. The van der Waals surface area contributed by atoms with Gasteiger partial charge in [0, 0.05) is 12.6 Å². The van der Waals surface area contributed by atoms with Crippen LogP contribution in [0.2, 0.25) is 0 Å². The van der Waals surface area contributed by atoms with E-state index in [1.165, 1.54) is 27.8 Å². The van der Waals surface area contributed by atoms with Crippen LogP contribution in [0.5, 0.6) is 11.5 Å². The predicted octanol–water partition coefficient (Wildman–Crippen LogP) is 3.88. The fourth-order valence-corrected chi connectivity index (χ4v) is 3.69. The monoisotopic (exact) mass is 293 g/mol. The van der Waals surface area contributed by atoms with E-state index in [4.69, 9.17) is 9.47 Å². The van der Waals surface area contributed by atoms with Gasteiger partial charge < -0.3 is 14.4 Å². The minimum atomic E-state index is 0.352. The van der Waals surface area contributed by atoms with Gasteiger partial charge in [-0.1, -0.05) is 24.3 Å². The van der Waals surface area contributed by atoms with Gasteiger partial charge >= 0.3 is 0 Å². The van der Waals surface area contributed by atoms with Gasteiger partial charge in [-0.3, -0.25) is 0 Å². The van der Waals surface area contributed by atoms with Crippen LogP contribution in [0, 0.1) is 0 Å². The van der Waals surface area contributed by atoms with Crippen LogP contribution < -0.4 is 9.47 Å². The fourth-order valence-electron chi connectivity index (χ4n) is 3.69. The number of methoxy groups -OCH3 is 2. The first kappa shape index (κ1) is 13.3. The summed E-state index contributed by atoms with van der Waals surface area (Å²) in [5, 5.41) is 0. The predicted molar refractivity (Wildman–Crippen MR) is 88.2 cm³/mol. The molecular formula is C19H19NO2. The Morgan fingerprint density at radius 1 is 1.14 bits per heavy atom. The number of ether oxygens (including phenoxy) is 2. The largest absolute Gasteiger partial charge is 0.493 e. The standard InChI is InChI=1S/C19H19NO2/c1-20-9-8-13-11-16(21-2)19(22-3)18-14-7-5-4-6-12(14)10-15(20)17(13)18/h4-9,11,15H,10H2,1-3H3. The van der Waals surface area contributed by atoms with Crippen molar-refractivity contribution in [2.75, 3.05) is 21.3 Å². The van der Waals surface area contributed by atoms with Crippen molar-refractivity contribution >= 4 is 6.08 Å². The number of hydrogen-bond acceptors (Lipinski definition) is 3. The number of fused-ring (bicyclic) bond motifs is 2. The van der Waals surface area contributed by atoms with Crippen LogP contribution in [0.1, 0.15) is 22.7 Å². The maximum absolute atomic E-state index is 5.73. The van der Waals surface area contributed by atoms with E-state index < -0.39 is 0 Å². The third kappa shape index (κ3) is 1.68. The molecule has 3 nitrogen and oxygen atoms in total. The van der Waals surface area contributed by atoms with Crippen molar-refractivity contribution in [2.45, 2.75) is 12.5 Å². The lowest BCUT2D eigenvalue weighted by Gasteiger charge is -2.38. The fraction of sp³-hybridized carbons (Fsp3) is 0.263. The molecule has 0 bridgehead atoms. The SMILES string of the molecule is COc1cc2c3c(c1OC)-c1ccccc1CC3N(C)C=C2.